The fourth-order valence-corrected chi connectivity index (χ4v) is 4.84. The van der Waals surface area contributed by atoms with Crippen LogP contribution in [0.4, 0.5) is 0 Å². The predicted molar refractivity (Wildman–Crippen MR) is 71.9 cm³/mol. The highest BCUT2D eigenvalue weighted by Crippen LogP contribution is 2.25. The highest BCUT2D eigenvalue weighted by atomic mass is 28.4. The lowest BCUT2D eigenvalue weighted by Crippen LogP contribution is -2.37. The Balaban J connectivity index is 4.36. The van der Waals surface area contributed by atoms with Crippen molar-refractivity contribution in [2.24, 2.45) is 0 Å². The van der Waals surface area contributed by atoms with Gasteiger partial charge in [0.25, 0.3) is 8.32 Å². The summed E-state index contributed by atoms with van der Waals surface area (Å²) in [5.41, 5.74) is 0. The largest absolute Gasteiger partial charge is 0.521 e. The molecule has 4 heteroatoms. The third-order valence-corrected chi connectivity index (χ3v) is 8.05. The summed E-state index contributed by atoms with van der Waals surface area (Å²) in [6, 6.07) is 3.40. The molecule has 0 aromatic carbocycles. The SMILES string of the molecule is C=C(O[Si](C)(C)C)O[Si](CC)(CC)CC. The normalized spacial score (nSPS) is 12.4. The van der Waals surface area contributed by atoms with Gasteiger partial charge in [0.2, 0.25) is 14.3 Å². The lowest BCUT2D eigenvalue weighted by atomic mass is 10.9. The zero-order chi connectivity index (χ0) is 12.1. The van der Waals surface area contributed by atoms with Crippen molar-refractivity contribution < 1.29 is 8.85 Å². The molecule has 0 aliphatic heterocycles. The fourth-order valence-electron chi connectivity index (χ4n) is 1.57. The third kappa shape index (κ3) is 5.42. The van der Waals surface area contributed by atoms with E-state index in [0.717, 1.165) is 18.1 Å². The van der Waals surface area contributed by atoms with Gasteiger partial charge in [-0.15, -0.1) is 0 Å². The van der Waals surface area contributed by atoms with E-state index in [4.69, 9.17) is 8.85 Å². The molecule has 2 nitrogen and oxygen atoms in total. The maximum absolute atomic E-state index is 6.02. The summed E-state index contributed by atoms with van der Waals surface area (Å²) in [5, 5.41) is 0. The van der Waals surface area contributed by atoms with Crippen LogP contribution in [-0.4, -0.2) is 16.6 Å². The predicted octanol–water partition coefficient (Wildman–Crippen LogP) is 4.33. The van der Waals surface area contributed by atoms with Crippen LogP contribution in [0.15, 0.2) is 12.5 Å². The van der Waals surface area contributed by atoms with Gasteiger partial charge in [0.15, 0.2) is 0 Å². The Morgan fingerprint density at radius 1 is 0.933 bits per heavy atom. The van der Waals surface area contributed by atoms with Gasteiger partial charge in [-0.1, -0.05) is 20.8 Å². The van der Waals surface area contributed by atoms with E-state index >= 15 is 0 Å². The lowest BCUT2D eigenvalue weighted by molar-refractivity contribution is 0.213. The molecule has 0 aromatic heterocycles. The first-order chi connectivity index (χ1) is 6.78. The van der Waals surface area contributed by atoms with Gasteiger partial charge in [-0.3, -0.25) is 0 Å². The average Bonchev–Trinajstić information content (AvgIpc) is 2.11. The van der Waals surface area contributed by atoms with Crippen LogP contribution in [0.5, 0.6) is 0 Å². The van der Waals surface area contributed by atoms with Crippen molar-refractivity contribution in [2.75, 3.05) is 0 Å². The molecule has 0 aromatic rings. The summed E-state index contributed by atoms with van der Waals surface area (Å²) in [4.78, 5) is 0. The number of hydrogen-bond acceptors (Lipinski definition) is 2. The summed E-state index contributed by atoms with van der Waals surface area (Å²) >= 11 is 0. The van der Waals surface area contributed by atoms with Crippen molar-refractivity contribution in [2.45, 2.75) is 58.5 Å². The van der Waals surface area contributed by atoms with Gasteiger partial charge in [-0.05, 0) is 44.4 Å². The van der Waals surface area contributed by atoms with Crippen LogP contribution >= 0.6 is 0 Å². The summed E-state index contributed by atoms with van der Waals surface area (Å²) in [7, 11) is -3.14. The molecule has 0 saturated carbocycles. The number of rotatable bonds is 7. The van der Waals surface area contributed by atoms with Crippen LogP contribution in [0, 0.1) is 0 Å². The van der Waals surface area contributed by atoms with E-state index in [1.165, 1.54) is 0 Å². The molecule has 0 amide bonds. The molecule has 0 aliphatic carbocycles. The Morgan fingerprint density at radius 3 is 1.60 bits per heavy atom. The van der Waals surface area contributed by atoms with Crippen molar-refractivity contribution in [3.63, 3.8) is 0 Å². The zero-order valence-corrected chi connectivity index (χ0v) is 13.1. The first kappa shape index (κ1) is 14.8. The standard InChI is InChI=1S/C11H26O2Si2/c1-8-15(9-2,10-3)13-11(4)12-14(5,6)7/h4,8-10H2,1-3,5-7H3. The summed E-state index contributed by atoms with van der Waals surface area (Å²) in [6.45, 7) is 17.0. The second kappa shape index (κ2) is 5.75. The molecule has 0 unspecified atom stereocenters. The molecule has 0 radical (unpaired) electrons. The Hall–Kier alpha value is -0.226. The highest BCUT2D eigenvalue weighted by Gasteiger charge is 2.32. The second-order valence-corrected chi connectivity index (χ2v) is 14.1. The van der Waals surface area contributed by atoms with Gasteiger partial charge in [-0.2, -0.15) is 0 Å². The van der Waals surface area contributed by atoms with Crippen LogP contribution in [0.3, 0.4) is 0 Å². The minimum Gasteiger partial charge on any atom is -0.521 e. The molecule has 15 heavy (non-hydrogen) atoms. The first-order valence-corrected chi connectivity index (χ1v) is 11.8. The van der Waals surface area contributed by atoms with Crippen LogP contribution in [-0.2, 0) is 8.85 Å². The van der Waals surface area contributed by atoms with E-state index in [-0.39, 0.29) is 0 Å². The van der Waals surface area contributed by atoms with Crippen molar-refractivity contribution in [3.05, 3.63) is 12.5 Å². The minimum atomic E-state index is -1.58. The third-order valence-electron chi connectivity index (χ3n) is 2.68. The molecule has 0 fully saturated rings. The molecular formula is C11H26O2Si2. The maximum atomic E-state index is 6.02. The topological polar surface area (TPSA) is 18.5 Å². The number of hydrogen-bond donors (Lipinski definition) is 0. The Kier molecular flexibility index (Phi) is 5.66. The summed E-state index contributed by atoms with van der Waals surface area (Å²) in [6.07, 6.45) is 0. The molecule has 90 valence electrons. The van der Waals surface area contributed by atoms with Gasteiger partial charge in [0.05, 0.1) is 0 Å². The van der Waals surface area contributed by atoms with E-state index in [2.05, 4.69) is 47.0 Å². The lowest BCUT2D eigenvalue weighted by Gasteiger charge is -2.32. The minimum absolute atomic E-state index is 0.561. The van der Waals surface area contributed by atoms with Crippen LogP contribution in [0.2, 0.25) is 37.8 Å². The van der Waals surface area contributed by atoms with Crippen molar-refractivity contribution in [1.82, 2.24) is 0 Å². The molecule has 0 saturated heterocycles. The van der Waals surface area contributed by atoms with E-state index < -0.39 is 16.6 Å². The molecule has 0 heterocycles. The quantitative estimate of drug-likeness (QED) is 0.492. The first-order valence-electron chi connectivity index (χ1n) is 5.85. The van der Waals surface area contributed by atoms with Gasteiger partial charge in [0.1, 0.15) is 0 Å². The fraction of sp³-hybridized carbons (Fsp3) is 0.818. The van der Waals surface area contributed by atoms with E-state index in [9.17, 15) is 0 Å². The van der Waals surface area contributed by atoms with E-state index in [0.29, 0.717) is 5.95 Å². The summed E-state index contributed by atoms with van der Waals surface area (Å²) < 4.78 is 11.8. The van der Waals surface area contributed by atoms with Crippen molar-refractivity contribution in [3.8, 4) is 0 Å². The second-order valence-electron chi connectivity index (χ2n) is 4.93. The Labute approximate surface area is 96.9 Å². The smallest absolute Gasteiger partial charge is 0.254 e. The highest BCUT2D eigenvalue weighted by molar-refractivity contribution is 6.74. The molecule has 0 bridgehead atoms. The monoisotopic (exact) mass is 246 g/mol. The Bertz CT molecular complexity index is 197. The molecule has 0 spiro atoms. The molecule has 0 atom stereocenters. The van der Waals surface area contributed by atoms with Crippen LogP contribution in [0.1, 0.15) is 20.8 Å². The molecule has 0 rings (SSSR count). The van der Waals surface area contributed by atoms with Crippen molar-refractivity contribution >= 4 is 16.6 Å². The zero-order valence-electron chi connectivity index (χ0n) is 11.1. The molecule has 0 N–H and O–H groups in total. The maximum Gasteiger partial charge on any atom is 0.254 e. The van der Waals surface area contributed by atoms with Gasteiger partial charge in [-0.25, -0.2) is 0 Å². The van der Waals surface area contributed by atoms with Crippen molar-refractivity contribution in [1.29, 1.82) is 0 Å². The van der Waals surface area contributed by atoms with Gasteiger partial charge < -0.3 is 8.85 Å². The van der Waals surface area contributed by atoms with Crippen LogP contribution in [0.25, 0.3) is 0 Å². The summed E-state index contributed by atoms with van der Waals surface area (Å²) in [5.74, 6) is 0.561. The van der Waals surface area contributed by atoms with Gasteiger partial charge >= 0.3 is 0 Å². The Morgan fingerprint density at radius 2 is 1.33 bits per heavy atom. The average molecular weight is 246 g/mol. The van der Waals surface area contributed by atoms with Crippen LogP contribution < -0.4 is 0 Å². The van der Waals surface area contributed by atoms with E-state index in [1.54, 1.807) is 0 Å². The molecule has 0 aliphatic rings. The van der Waals surface area contributed by atoms with E-state index in [1.807, 2.05) is 0 Å². The van der Waals surface area contributed by atoms with Gasteiger partial charge in [0, 0.05) is 0 Å². The molecular weight excluding hydrogens is 220 g/mol.